The molecule has 0 aliphatic carbocycles. The summed E-state index contributed by atoms with van der Waals surface area (Å²) < 4.78 is 6.82. The fraction of sp³-hybridized carbons (Fsp3) is 0.538. The fourth-order valence-electron chi connectivity index (χ4n) is 2.70. The Morgan fingerprint density at radius 3 is 2.88 bits per heavy atom. The number of anilines is 1. The molecule has 5 atom stereocenters. The van der Waals surface area contributed by atoms with E-state index in [1.165, 1.54) is 10.9 Å². The van der Waals surface area contributed by atoms with E-state index in [4.69, 9.17) is 22.1 Å². The summed E-state index contributed by atoms with van der Waals surface area (Å²) in [5, 5.41) is 32.8. The van der Waals surface area contributed by atoms with Crippen molar-refractivity contribution in [2.24, 2.45) is 0 Å². The predicted molar refractivity (Wildman–Crippen MR) is 85.4 cm³/mol. The van der Waals surface area contributed by atoms with Crippen molar-refractivity contribution in [3.05, 3.63) is 11.6 Å². The highest BCUT2D eigenvalue weighted by molar-refractivity contribution is 6.28. The molecule has 0 bridgehead atoms. The highest BCUT2D eigenvalue weighted by Crippen LogP contribution is 2.33. The Morgan fingerprint density at radius 2 is 2.20 bits per heavy atom. The fourth-order valence-corrected chi connectivity index (χ4v) is 2.87. The van der Waals surface area contributed by atoms with Gasteiger partial charge in [-0.1, -0.05) is 0 Å². The maximum absolute atomic E-state index is 11.8. The quantitative estimate of drug-likeness (QED) is 0.388. The number of rotatable bonds is 4. The predicted octanol–water partition coefficient (Wildman–Crippen LogP) is -1.82. The third kappa shape index (κ3) is 3.00. The molecule has 2 aromatic heterocycles. The molecule has 1 aliphatic rings. The third-order valence-corrected chi connectivity index (χ3v) is 4.07. The van der Waals surface area contributed by atoms with Crippen molar-refractivity contribution < 1.29 is 24.9 Å². The van der Waals surface area contributed by atoms with Gasteiger partial charge in [-0.25, -0.2) is 4.98 Å². The van der Waals surface area contributed by atoms with Crippen LogP contribution in [0.4, 0.5) is 5.82 Å². The summed E-state index contributed by atoms with van der Waals surface area (Å²) in [7, 11) is 0. The van der Waals surface area contributed by atoms with E-state index >= 15 is 0 Å². The number of likely N-dealkylation sites (N-methyl/N-ethyl adjacent to an activating group) is 1. The normalized spacial score (nSPS) is 27.6. The zero-order chi connectivity index (χ0) is 18.3. The average Bonchev–Trinajstić information content (AvgIpc) is 3.09. The summed E-state index contributed by atoms with van der Waals surface area (Å²) in [6.45, 7) is 1.98. The molecule has 1 unspecified atom stereocenters. The smallest absolute Gasteiger partial charge is 0.251 e. The van der Waals surface area contributed by atoms with Crippen molar-refractivity contribution in [1.82, 2.24) is 24.8 Å². The van der Waals surface area contributed by atoms with Gasteiger partial charge < -0.3 is 31.1 Å². The Balaban J connectivity index is 1.93. The van der Waals surface area contributed by atoms with Crippen LogP contribution in [0.25, 0.3) is 11.2 Å². The van der Waals surface area contributed by atoms with Crippen molar-refractivity contribution in [2.75, 3.05) is 12.3 Å². The Hall–Kier alpha value is -2.05. The number of nitrogen functional groups attached to an aromatic ring is 1. The molecule has 3 heterocycles. The molecule has 6 N–H and O–H groups in total. The highest BCUT2D eigenvalue weighted by atomic mass is 35.5. The third-order valence-electron chi connectivity index (χ3n) is 3.90. The van der Waals surface area contributed by atoms with E-state index in [2.05, 4.69) is 20.3 Å². The molecule has 3 rings (SSSR count). The maximum atomic E-state index is 11.8. The van der Waals surface area contributed by atoms with Gasteiger partial charge in [0.25, 0.3) is 5.91 Å². The summed E-state index contributed by atoms with van der Waals surface area (Å²) in [4.78, 5) is 23.6. The molecule has 0 spiro atoms. The number of amides is 1. The van der Waals surface area contributed by atoms with E-state index in [0.717, 1.165) is 0 Å². The number of aromatic nitrogens is 4. The van der Waals surface area contributed by atoms with Crippen molar-refractivity contribution in [3.8, 4) is 0 Å². The van der Waals surface area contributed by atoms with E-state index in [1.807, 2.05) is 0 Å². The summed E-state index contributed by atoms with van der Waals surface area (Å²) in [5.41, 5.74) is 6.14. The zero-order valence-electron chi connectivity index (χ0n) is 13.1. The topological polar surface area (TPSA) is 169 Å². The molecule has 1 aliphatic heterocycles. The second-order valence-corrected chi connectivity index (χ2v) is 5.85. The van der Waals surface area contributed by atoms with Gasteiger partial charge in [-0.15, -0.1) is 0 Å². The lowest BCUT2D eigenvalue weighted by Crippen LogP contribution is -2.47. The molecular weight excluding hydrogens is 356 g/mol. The number of hydrogen-bond donors (Lipinski definition) is 5. The monoisotopic (exact) mass is 372 g/mol. The van der Waals surface area contributed by atoms with Crippen molar-refractivity contribution >= 4 is 34.5 Å². The summed E-state index contributed by atoms with van der Waals surface area (Å²) >= 11 is 5.79. The molecule has 0 radical (unpaired) electrons. The number of carbonyl (C=O) groups excluding carboxylic acids is 1. The second-order valence-electron chi connectivity index (χ2n) is 5.51. The highest BCUT2D eigenvalue weighted by Gasteiger charge is 2.49. The molecule has 12 heteroatoms. The first-order valence-corrected chi connectivity index (χ1v) is 7.85. The van der Waals surface area contributed by atoms with Crippen molar-refractivity contribution in [2.45, 2.75) is 37.6 Å². The Bertz CT molecular complexity index is 801. The van der Waals surface area contributed by atoms with Crippen LogP contribution in [0.3, 0.4) is 0 Å². The molecule has 1 saturated heterocycles. The van der Waals surface area contributed by atoms with E-state index < -0.39 is 36.6 Å². The van der Waals surface area contributed by atoms with Crippen molar-refractivity contribution in [1.29, 1.82) is 0 Å². The number of imidazole rings is 1. The number of ether oxygens (including phenoxy) is 1. The van der Waals surface area contributed by atoms with E-state index in [9.17, 15) is 20.1 Å². The van der Waals surface area contributed by atoms with Gasteiger partial charge in [0.2, 0.25) is 5.28 Å². The van der Waals surface area contributed by atoms with Gasteiger partial charge in [-0.2, -0.15) is 9.97 Å². The molecule has 25 heavy (non-hydrogen) atoms. The number of aliphatic hydroxyl groups is 3. The van der Waals surface area contributed by atoms with Gasteiger partial charge in [0.1, 0.15) is 23.8 Å². The van der Waals surface area contributed by atoms with Crippen LogP contribution in [0.1, 0.15) is 13.2 Å². The van der Waals surface area contributed by atoms with Crippen LogP contribution in [-0.4, -0.2) is 71.7 Å². The molecule has 1 amide bonds. The lowest BCUT2D eigenvalue weighted by Gasteiger charge is -2.20. The van der Waals surface area contributed by atoms with Gasteiger partial charge in [-0.3, -0.25) is 9.36 Å². The van der Waals surface area contributed by atoms with Gasteiger partial charge in [0.15, 0.2) is 23.8 Å². The van der Waals surface area contributed by atoms with Gasteiger partial charge in [-0.05, 0) is 18.5 Å². The van der Waals surface area contributed by atoms with Crippen LogP contribution in [0, 0.1) is 0 Å². The lowest BCUT2D eigenvalue weighted by molar-refractivity contribution is -0.143. The number of carbonyl (C=O) groups is 1. The van der Waals surface area contributed by atoms with E-state index in [0.29, 0.717) is 6.54 Å². The first kappa shape index (κ1) is 17.8. The number of nitrogens with two attached hydrogens (primary N) is 1. The van der Waals surface area contributed by atoms with E-state index in [1.54, 1.807) is 6.92 Å². The first-order chi connectivity index (χ1) is 11.8. The van der Waals surface area contributed by atoms with Gasteiger partial charge in [0.05, 0.1) is 6.33 Å². The molecule has 11 nitrogen and oxygen atoms in total. The first-order valence-electron chi connectivity index (χ1n) is 7.48. The number of nitrogens with one attached hydrogen (secondary N) is 1. The van der Waals surface area contributed by atoms with Crippen LogP contribution in [0.2, 0.25) is 5.28 Å². The summed E-state index contributed by atoms with van der Waals surface area (Å²) in [5.74, 6) is -0.676. The Kier molecular flexibility index (Phi) is 4.75. The Morgan fingerprint density at radius 1 is 1.48 bits per heavy atom. The number of halogens is 1. The average molecular weight is 373 g/mol. The molecule has 0 saturated carbocycles. The number of nitrogens with zero attached hydrogens (tertiary/aromatic N) is 4. The SMILES string of the molecule is CCNC(=O)C(O)[C@H]1O[C@@H](n2cnc3c(N)nc(Cl)nc32)[C@H](O)[C@@H]1O. The van der Waals surface area contributed by atoms with Gasteiger partial charge >= 0.3 is 0 Å². The largest absolute Gasteiger partial charge is 0.387 e. The summed E-state index contributed by atoms with van der Waals surface area (Å²) in [6, 6.07) is 0. The molecular formula is C13H17ClN6O5. The minimum Gasteiger partial charge on any atom is -0.387 e. The standard InChI is InChI=1S/C13H17ClN6O5/c1-2-16-11(24)7(23)8-5(21)6(22)12(25-8)20-3-17-4-9(15)18-13(14)19-10(4)20/h3,5-8,12,21-23H,2H2,1H3,(H,16,24)(H2,15,18,19)/t5-,6+,7?,8-,12+/m0/s1. The maximum Gasteiger partial charge on any atom is 0.251 e. The zero-order valence-corrected chi connectivity index (χ0v) is 13.8. The molecule has 0 aromatic carbocycles. The van der Waals surface area contributed by atoms with Crippen LogP contribution in [0.15, 0.2) is 6.33 Å². The Labute approximate surface area is 146 Å². The number of fused-ring (bicyclic) bond motifs is 1. The van der Waals surface area contributed by atoms with Crippen LogP contribution < -0.4 is 11.1 Å². The second kappa shape index (κ2) is 6.69. The number of aliphatic hydroxyl groups excluding tert-OH is 3. The van der Waals surface area contributed by atoms with E-state index in [-0.39, 0.29) is 22.3 Å². The lowest BCUT2D eigenvalue weighted by atomic mass is 10.1. The molecule has 136 valence electrons. The minimum absolute atomic E-state index is 0.0423. The van der Waals surface area contributed by atoms with Gasteiger partial charge in [0, 0.05) is 6.54 Å². The van der Waals surface area contributed by atoms with Crippen LogP contribution >= 0.6 is 11.6 Å². The van der Waals surface area contributed by atoms with Crippen LogP contribution in [-0.2, 0) is 9.53 Å². The molecule has 1 fully saturated rings. The van der Waals surface area contributed by atoms with Crippen molar-refractivity contribution in [3.63, 3.8) is 0 Å². The number of hydrogen-bond acceptors (Lipinski definition) is 9. The summed E-state index contributed by atoms with van der Waals surface area (Å²) in [6.07, 6.45) is -5.81. The minimum atomic E-state index is -1.66. The molecule has 2 aromatic rings. The van der Waals surface area contributed by atoms with Crippen LogP contribution in [0.5, 0.6) is 0 Å².